The molecule has 16 heteroatoms. The van der Waals surface area contributed by atoms with Crippen molar-refractivity contribution in [3.63, 3.8) is 0 Å². The second-order valence-electron chi connectivity index (χ2n) is 10.3. The molecule has 0 aliphatic carbocycles. The number of nitrogens with two attached hydrogens (primary N) is 1. The summed E-state index contributed by atoms with van der Waals surface area (Å²) in [5.74, 6) is -3.20. The van der Waals surface area contributed by atoms with E-state index in [9.17, 15) is 22.0 Å². The van der Waals surface area contributed by atoms with Crippen molar-refractivity contribution in [3.05, 3.63) is 90.2 Å². The van der Waals surface area contributed by atoms with Crippen LogP contribution in [0.3, 0.4) is 0 Å². The van der Waals surface area contributed by atoms with Gasteiger partial charge >= 0.3 is 6.03 Å². The summed E-state index contributed by atoms with van der Waals surface area (Å²) in [5.41, 5.74) is 7.27. The average Bonchev–Trinajstić information content (AvgIpc) is 3.08. The fourth-order valence-corrected chi connectivity index (χ4v) is 5.88. The van der Waals surface area contributed by atoms with Gasteiger partial charge in [0.2, 0.25) is 0 Å². The first-order valence-electron chi connectivity index (χ1n) is 15.2. The second kappa shape index (κ2) is 16.8. The highest BCUT2D eigenvalue weighted by molar-refractivity contribution is 7.92. The third-order valence-corrected chi connectivity index (χ3v) is 8.38. The molecule has 0 saturated heterocycles. The van der Waals surface area contributed by atoms with E-state index in [2.05, 4.69) is 20.6 Å². The molecule has 264 valence electrons. The van der Waals surface area contributed by atoms with E-state index in [1.807, 2.05) is 18.6 Å². The highest BCUT2D eigenvalue weighted by Gasteiger charge is 2.26. The summed E-state index contributed by atoms with van der Waals surface area (Å²) in [4.78, 5) is 19.6. The number of aliphatic hydroxyl groups excluding tert-OH is 1. The van der Waals surface area contributed by atoms with Crippen LogP contribution in [0, 0.1) is 17.5 Å². The molecule has 5 aromatic rings. The Morgan fingerprint density at radius 1 is 0.920 bits per heavy atom. The van der Waals surface area contributed by atoms with E-state index >= 15 is 4.39 Å². The second-order valence-corrected chi connectivity index (χ2v) is 11.9. The molecule has 1 aromatic heterocycles. The molecule has 6 N–H and O–H groups in total. The number of nitrogens with one attached hydrogen (secondary N) is 3. The van der Waals surface area contributed by atoms with Gasteiger partial charge in [0.05, 0.1) is 19.4 Å². The lowest BCUT2D eigenvalue weighted by Gasteiger charge is -2.15. The van der Waals surface area contributed by atoms with Gasteiger partial charge in [-0.1, -0.05) is 18.2 Å². The summed E-state index contributed by atoms with van der Waals surface area (Å²) >= 11 is 0. The lowest BCUT2D eigenvalue weighted by atomic mass is 10.0. The number of fused-ring (bicyclic) bond motifs is 1. The lowest BCUT2D eigenvalue weighted by molar-refractivity contribution is 0.162. The number of carbonyl (C=O) groups excluding carboxylic acids is 1. The number of nitrogen functional groups attached to an aromatic ring is 1. The van der Waals surface area contributed by atoms with Crippen LogP contribution in [-0.2, 0) is 14.8 Å². The van der Waals surface area contributed by atoms with Crippen LogP contribution in [0.1, 0.15) is 13.8 Å². The molecule has 0 radical (unpaired) electrons. The topological polar surface area (TPSA) is 178 Å². The van der Waals surface area contributed by atoms with Crippen molar-refractivity contribution in [3.8, 4) is 28.3 Å². The summed E-state index contributed by atoms with van der Waals surface area (Å²) in [7, 11) is -3.45. The van der Waals surface area contributed by atoms with E-state index in [1.54, 1.807) is 24.3 Å². The molecule has 4 aromatic carbocycles. The Morgan fingerprint density at radius 3 is 2.18 bits per heavy atom. The molecular weight excluding hydrogens is 677 g/mol. The third kappa shape index (κ3) is 8.76. The monoisotopic (exact) mass is 712 g/mol. The number of benzene rings is 4. The Labute approximate surface area is 286 Å². The summed E-state index contributed by atoms with van der Waals surface area (Å²) in [5, 5.41) is 14.2. The predicted octanol–water partition coefficient (Wildman–Crippen LogP) is 5.93. The molecular formula is C34H35F3N6O6S. The van der Waals surface area contributed by atoms with Crippen molar-refractivity contribution >= 4 is 44.1 Å². The Balaban J connectivity index is 0.00000105. The molecule has 5 rings (SSSR count). The number of rotatable bonds is 11. The SMILES string of the molecule is CCOCC.COc1cc(-c2cccc(NS(=O)(=O)c3c(F)cccc3F)c2F)cc2c(N)nc(-c3ccc(NC(=O)NCCO)cc3)nc12. The Kier molecular flexibility index (Phi) is 12.5. The first-order valence-corrected chi connectivity index (χ1v) is 16.7. The number of nitrogens with zero attached hydrogens (tertiary/aromatic N) is 2. The van der Waals surface area contributed by atoms with E-state index in [0.29, 0.717) is 22.2 Å². The number of carbonyl (C=O) groups is 1. The van der Waals surface area contributed by atoms with E-state index in [4.69, 9.17) is 20.3 Å². The highest BCUT2D eigenvalue weighted by atomic mass is 32.2. The van der Waals surface area contributed by atoms with Crippen molar-refractivity contribution in [2.24, 2.45) is 0 Å². The fourth-order valence-electron chi connectivity index (χ4n) is 4.68. The molecule has 0 aliphatic rings. The van der Waals surface area contributed by atoms with Crippen molar-refractivity contribution < 1.29 is 41.0 Å². The van der Waals surface area contributed by atoms with Crippen LogP contribution in [0.2, 0.25) is 0 Å². The van der Waals surface area contributed by atoms with Crippen molar-refractivity contribution in [1.29, 1.82) is 0 Å². The summed E-state index contributed by atoms with van der Waals surface area (Å²) < 4.78 is 81.9. The van der Waals surface area contributed by atoms with Gasteiger partial charge in [0.25, 0.3) is 10.0 Å². The molecule has 0 bridgehead atoms. The van der Waals surface area contributed by atoms with Crippen LogP contribution in [0.25, 0.3) is 33.4 Å². The van der Waals surface area contributed by atoms with Crippen LogP contribution in [-0.4, -0.2) is 63.0 Å². The number of aliphatic hydroxyl groups is 1. The number of urea groups is 1. The van der Waals surface area contributed by atoms with Crippen LogP contribution in [0.4, 0.5) is 35.2 Å². The van der Waals surface area contributed by atoms with Crippen molar-refractivity contribution in [2.45, 2.75) is 18.7 Å². The molecule has 0 unspecified atom stereocenters. The number of aromatic nitrogens is 2. The Morgan fingerprint density at radius 2 is 1.58 bits per heavy atom. The number of hydrogen-bond acceptors (Lipinski definition) is 9. The number of halogens is 3. The maximum absolute atomic E-state index is 15.7. The van der Waals surface area contributed by atoms with Gasteiger partial charge in [0, 0.05) is 42.0 Å². The van der Waals surface area contributed by atoms with Gasteiger partial charge in [-0.05, 0) is 74.0 Å². The third-order valence-electron chi connectivity index (χ3n) is 6.96. The smallest absolute Gasteiger partial charge is 0.319 e. The zero-order valence-electron chi connectivity index (χ0n) is 27.3. The van der Waals surface area contributed by atoms with Crippen LogP contribution in [0.15, 0.2) is 77.7 Å². The molecule has 0 saturated carbocycles. The van der Waals surface area contributed by atoms with Gasteiger partial charge < -0.3 is 30.9 Å². The number of amides is 2. The van der Waals surface area contributed by atoms with E-state index < -0.39 is 44.1 Å². The van der Waals surface area contributed by atoms with Gasteiger partial charge in [-0.25, -0.2) is 36.4 Å². The number of anilines is 3. The summed E-state index contributed by atoms with van der Waals surface area (Å²) in [6, 6.07) is 15.5. The zero-order valence-corrected chi connectivity index (χ0v) is 28.1. The molecule has 12 nitrogen and oxygen atoms in total. The summed E-state index contributed by atoms with van der Waals surface area (Å²) in [6.07, 6.45) is 0. The molecule has 2 amide bonds. The van der Waals surface area contributed by atoms with Gasteiger partial charge in [-0.15, -0.1) is 0 Å². The maximum atomic E-state index is 15.7. The van der Waals surface area contributed by atoms with E-state index in [1.165, 1.54) is 31.4 Å². The van der Waals surface area contributed by atoms with Gasteiger partial charge in [0.1, 0.15) is 28.7 Å². The number of hydrogen-bond donors (Lipinski definition) is 5. The largest absolute Gasteiger partial charge is 0.494 e. The molecule has 0 aliphatic heterocycles. The minimum atomic E-state index is -4.83. The average molecular weight is 713 g/mol. The van der Waals surface area contributed by atoms with Crippen LogP contribution < -0.4 is 25.8 Å². The Bertz CT molecular complexity index is 2060. The van der Waals surface area contributed by atoms with Crippen molar-refractivity contribution in [2.75, 3.05) is 49.2 Å². The number of sulfonamides is 1. The lowest BCUT2D eigenvalue weighted by Crippen LogP contribution is -2.30. The van der Waals surface area contributed by atoms with Gasteiger partial charge in [-0.2, -0.15) is 0 Å². The predicted molar refractivity (Wildman–Crippen MR) is 185 cm³/mol. The van der Waals surface area contributed by atoms with E-state index in [0.717, 1.165) is 37.5 Å². The maximum Gasteiger partial charge on any atom is 0.319 e. The normalized spacial score (nSPS) is 11.0. The molecule has 0 atom stereocenters. The van der Waals surface area contributed by atoms with Gasteiger partial charge in [-0.3, -0.25) is 4.72 Å². The molecule has 50 heavy (non-hydrogen) atoms. The quantitative estimate of drug-likeness (QED) is 0.111. The van der Waals surface area contributed by atoms with Crippen molar-refractivity contribution in [1.82, 2.24) is 15.3 Å². The fraction of sp³-hybridized carbons (Fsp3) is 0.206. The number of methoxy groups -OCH3 is 1. The summed E-state index contributed by atoms with van der Waals surface area (Å²) in [6.45, 7) is 5.57. The van der Waals surface area contributed by atoms with Crippen LogP contribution in [0.5, 0.6) is 5.75 Å². The molecule has 0 spiro atoms. The first-order chi connectivity index (χ1) is 23.9. The van der Waals surface area contributed by atoms with E-state index in [-0.39, 0.29) is 41.7 Å². The van der Waals surface area contributed by atoms with Gasteiger partial charge in [0.15, 0.2) is 16.5 Å². The number of ether oxygens (including phenoxy) is 2. The Hall–Kier alpha value is -5.45. The molecule has 0 fully saturated rings. The standard InChI is InChI=1S/C30H25F3N6O5S.C4H10O/c1-44-24-15-17(19-4-2-7-23(25(19)33)39-45(42,43)27-21(31)5-3-6-22(27)32)14-20-26(24)37-29(38-28(20)34)16-8-10-18(11-9-16)36-30(41)35-12-13-40;1-3-5-4-2/h2-11,14-15,39-40H,12-13H2,1H3,(H2,34,37,38)(H2,35,36,41);3-4H2,1-2H3. The minimum Gasteiger partial charge on any atom is -0.494 e. The highest BCUT2D eigenvalue weighted by Crippen LogP contribution is 2.37. The first kappa shape index (κ1) is 37.4. The minimum absolute atomic E-state index is 0.0352. The zero-order chi connectivity index (χ0) is 36.4. The molecule has 1 heterocycles. The van der Waals surface area contributed by atoms with Crippen LogP contribution >= 0.6 is 0 Å².